The van der Waals surface area contributed by atoms with Crippen LogP contribution in [0.4, 0.5) is 0 Å². The number of carbonyl (C=O) groups is 1. The molecule has 1 unspecified atom stereocenters. The highest BCUT2D eigenvalue weighted by Gasteiger charge is 2.42. The van der Waals surface area contributed by atoms with E-state index in [0.717, 1.165) is 43.8 Å². The molecule has 0 bridgehead atoms. The molecule has 28 heavy (non-hydrogen) atoms. The number of guanidine groups is 1. The summed E-state index contributed by atoms with van der Waals surface area (Å²) in [6, 6.07) is 0.182. The first kappa shape index (κ1) is 22.2. The quantitative estimate of drug-likeness (QED) is 0.515. The van der Waals surface area contributed by atoms with Crippen LogP contribution in [0.1, 0.15) is 44.2 Å². The number of nitrogens with one attached hydrogen (secondary N) is 2. The van der Waals surface area contributed by atoms with Crippen molar-refractivity contribution in [2.45, 2.75) is 38.6 Å². The SMILES string of the molecule is CCNC(=NCC1(C(=O)N(C)C)CCCC1)NCC(c1cnn(C)c1)N(C)C. The number of rotatable bonds is 8. The smallest absolute Gasteiger partial charge is 0.230 e. The third-order valence-electron chi connectivity index (χ3n) is 5.50. The first-order valence-corrected chi connectivity index (χ1v) is 10.2. The predicted molar refractivity (Wildman–Crippen MR) is 113 cm³/mol. The third kappa shape index (κ3) is 5.47. The molecule has 1 heterocycles. The lowest BCUT2D eigenvalue weighted by atomic mass is 9.85. The van der Waals surface area contributed by atoms with Crippen LogP contribution in [0.2, 0.25) is 0 Å². The Kier molecular flexibility index (Phi) is 7.86. The molecule has 0 spiro atoms. The van der Waals surface area contributed by atoms with Gasteiger partial charge in [-0.3, -0.25) is 14.5 Å². The standard InChI is InChI=1S/C20H37N7O/c1-7-21-19(22-13-17(25(2)3)16-12-24-27(6)14-16)23-15-20(10-8-9-11-20)18(28)26(4)5/h12,14,17H,7-11,13,15H2,1-6H3,(H2,21,22,23). The molecule has 1 aromatic rings. The van der Waals surface area contributed by atoms with Gasteiger partial charge in [-0.25, -0.2) is 0 Å². The Morgan fingerprint density at radius 1 is 1.29 bits per heavy atom. The molecule has 2 rings (SSSR count). The summed E-state index contributed by atoms with van der Waals surface area (Å²) in [4.78, 5) is 21.5. The molecule has 1 aliphatic rings. The molecule has 1 saturated carbocycles. The number of carbonyl (C=O) groups excluding carboxylic acids is 1. The van der Waals surface area contributed by atoms with Gasteiger partial charge in [0.2, 0.25) is 5.91 Å². The first-order valence-electron chi connectivity index (χ1n) is 10.2. The highest BCUT2D eigenvalue weighted by atomic mass is 16.2. The van der Waals surface area contributed by atoms with Crippen LogP contribution in [0.5, 0.6) is 0 Å². The molecular formula is C20H37N7O. The number of amides is 1. The van der Waals surface area contributed by atoms with E-state index in [9.17, 15) is 4.79 Å². The van der Waals surface area contributed by atoms with E-state index < -0.39 is 0 Å². The summed E-state index contributed by atoms with van der Waals surface area (Å²) in [5, 5.41) is 11.1. The number of nitrogens with zero attached hydrogens (tertiary/aromatic N) is 5. The van der Waals surface area contributed by atoms with Crippen LogP contribution >= 0.6 is 0 Å². The van der Waals surface area contributed by atoms with Gasteiger partial charge in [0, 0.05) is 46.0 Å². The minimum Gasteiger partial charge on any atom is -0.357 e. The average Bonchev–Trinajstić information content (AvgIpc) is 3.28. The van der Waals surface area contributed by atoms with Gasteiger partial charge in [0.25, 0.3) is 0 Å². The van der Waals surface area contributed by atoms with Crippen molar-refractivity contribution in [3.63, 3.8) is 0 Å². The number of aliphatic imine (C=N–C) groups is 1. The fourth-order valence-corrected chi connectivity index (χ4v) is 3.94. The van der Waals surface area contributed by atoms with Gasteiger partial charge in [-0.1, -0.05) is 12.8 Å². The molecule has 2 N–H and O–H groups in total. The van der Waals surface area contributed by atoms with E-state index in [1.165, 1.54) is 0 Å². The zero-order valence-corrected chi connectivity index (χ0v) is 18.3. The molecular weight excluding hydrogens is 354 g/mol. The van der Waals surface area contributed by atoms with Crippen molar-refractivity contribution in [2.24, 2.45) is 17.5 Å². The topological polar surface area (TPSA) is 77.8 Å². The Bertz CT molecular complexity index is 659. The van der Waals surface area contributed by atoms with Crippen LogP contribution in [0, 0.1) is 5.41 Å². The first-order chi connectivity index (χ1) is 13.3. The Morgan fingerprint density at radius 2 is 1.96 bits per heavy atom. The molecule has 158 valence electrons. The van der Waals surface area contributed by atoms with Gasteiger partial charge >= 0.3 is 0 Å². The molecule has 1 fully saturated rings. The van der Waals surface area contributed by atoms with Crippen LogP contribution in [-0.2, 0) is 11.8 Å². The van der Waals surface area contributed by atoms with Crippen molar-refractivity contribution in [2.75, 3.05) is 47.8 Å². The normalized spacial score (nSPS) is 17.6. The van der Waals surface area contributed by atoms with E-state index in [2.05, 4.69) is 41.7 Å². The second kappa shape index (κ2) is 9.91. The highest BCUT2D eigenvalue weighted by Crippen LogP contribution is 2.39. The Morgan fingerprint density at radius 3 is 2.46 bits per heavy atom. The summed E-state index contributed by atoms with van der Waals surface area (Å²) in [5.41, 5.74) is 0.807. The molecule has 0 aromatic carbocycles. The maximum Gasteiger partial charge on any atom is 0.230 e. The summed E-state index contributed by atoms with van der Waals surface area (Å²) in [7, 11) is 9.73. The van der Waals surface area contributed by atoms with Crippen molar-refractivity contribution in [3.05, 3.63) is 18.0 Å². The Hall–Kier alpha value is -2.09. The van der Waals surface area contributed by atoms with Gasteiger partial charge in [-0.15, -0.1) is 0 Å². The maximum absolute atomic E-state index is 12.8. The van der Waals surface area contributed by atoms with E-state index >= 15 is 0 Å². The fourth-order valence-electron chi connectivity index (χ4n) is 3.94. The molecule has 1 aliphatic carbocycles. The summed E-state index contributed by atoms with van der Waals surface area (Å²) in [6.07, 6.45) is 7.98. The van der Waals surface area contributed by atoms with Crippen LogP contribution in [0.15, 0.2) is 17.4 Å². The van der Waals surface area contributed by atoms with E-state index in [1.807, 2.05) is 38.2 Å². The highest BCUT2D eigenvalue weighted by molar-refractivity contribution is 5.84. The van der Waals surface area contributed by atoms with Crippen LogP contribution in [0.3, 0.4) is 0 Å². The van der Waals surface area contributed by atoms with Crippen LogP contribution in [0.25, 0.3) is 0 Å². The zero-order chi connectivity index (χ0) is 20.7. The minimum absolute atomic E-state index is 0.182. The van der Waals surface area contributed by atoms with Gasteiger partial charge in [0.05, 0.1) is 24.2 Å². The summed E-state index contributed by atoms with van der Waals surface area (Å²) in [5.74, 6) is 0.960. The second-order valence-electron chi connectivity index (χ2n) is 8.19. The molecule has 1 atom stereocenters. The van der Waals surface area contributed by atoms with Crippen LogP contribution < -0.4 is 10.6 Å². The fraction of sp³-hybridized carbons (Fsp3) is 0.750. The number of hydrogen-bond donors (Lipinski definition) is 2. The number of likely N-dealkylation sites (N-methyl/N-ethyl adjacent to an activating group) is 1. The molecule has 0 radical (unpaired) electrons. The van der Waals surface area contributed by atoms with E-state index in [0.29, 0.717) is 13.1 Å². The Balaban J connectivity index is 2.09. The largest absolute Gasteiger partial charge is 0.357 e. The monoisotopic (exact) mass is 391 g/mol. The molecule has 8 heteroatoms. The minimum atomic E-state index is -0.351. The van der Waals surface area contributed by atoms with E-state index in [4.69, 9.17) is 4.99 Å². The molecule has 1 aromatic heterocycles. The van der Waals surface area contributed by atoms with E-state index in [-0.39, 0.29) is 17.4 Å². The van der Waals surface area contributed by atoms with Gasteiger partial charge in [-0.2, -0.15) is 5.10 Å². The maximum atomic E-state index is 12.8. The van der Waals surface area contributed by atoms with Crippen molar-refractivity contribution in [1.29, 1.82) is 0 Å². The van der Waals surface area contributed by atoms with Gasteiger partial charge in [0.1, 0.15) is 0 Å². The van der Waals surface area contributed by atoms with Gasteiger partial charge in [-0.05, 0) is 33.9 Å². The van der Waals surface area contributed by atoms with Crippen LogP contribution in [-0.4, -0.2) is 79.3 Å². The van der Waals surface area contributed by atoms with Crippen molar-refractivity contribution in [1.82, 2.24) is 30.2 Å². The van der Waals surface area contributed by atoms with Gasteiger partial charge in [0.15, 0.2) is 5.96 Å². The third-order valence-corrected chi connectivity index (χ3v) is 5.50. The predicted octanol–water partition coefficient (Wildman–Crippen LogP) is 1.23. The number of aryl methyl sites for hydroxylation is 1. The average molecular weight is 392 g/mol. The van der Waals surface area contributed by atoms with Crippen molar-refractivity contribution in [3.8, 4) is 0 Å². The molecule has 8 nitrogen and oxygen atoms in total. The molecule has 0 saturated heterocycles. The van der Waals surface area contributed by atoms with Crippen molar-refractivity contribution < 1.29 is 4.79 Å². The number of hydrogen-bond acceptors (Lipinski definition) is 4. The molecule has 0 aliphatic heterocycles. The lowest BCUT2D eigenvalue weighted by Crippen LogP contribution is -2.44. The summed E-state index contributed by atoms with van der Waals surface area (Å²) >= 11 is 0. The second-order valence-corrected chi connectivity index (χ2v) is 8.19. The number of aromatic nitrogens is 2. The summed E-state index contributed by atoms with van der Waals surface area (Å²) in [6.45, 7) is 4.07. The van der Waals surface area contributed by atoms with Gasteiger partial charge < -0.3 is 20.4 Å². The summed E-state index contributed by atoms with van der Waals surface area (Å²) < 4.78 is 1.82. The lowest BCUT2D eigenvalue weighted by Gasteiger charge is -2.29. The molecule has 1 amide bonds. The van der Waals surface area contributed by atoms with Crippen molar-refractivity contribution >= 4 is 11.9 Å². The zero-order valence-electron chi connectivity index (χ0n) is 18.3. The Labute approximate surface area is 169 Å². The van der Waals surface area contributed by atoms with E-state index in [1.54, 1.807) is 4.90 Å². The lowest BCUT2D eigenvalue weighted by molar-refractivity contribution is -0.138.